The number of ether oxygens (including phenoxy) is 1. The summed E-state index contributed by atoms with van der Waals surface area (Å²) >= 11 is 0. The molecule has 2 aromatic carbocycles. The topological polar surface area (TPSA) is 138 Å². The average Bonchev–Trinajstić information content (AvgIpc) is 2.76. The van der Waals surface area contributed by atoms with Gasteiger partial charge in [0.25, 0.3) is 5.91 Å². The normalized spacial score (nSPS) is 19.5. The van der Waals surface area contributed by atoms with Crippen LogP contribution in [0.15, 0.2) is 28.2 Å². The number of aliphatic hydroxyl groups is 1. The standard InChI is InChI=1S/C24H29N3O5/c1-12-13(2)15(4)21-17(14(12)3)8-9-24(5,32-21)22(31)27-23(25)26-11-20(30)16-6-7-18(28)19(29)10-16/h6-7,10-11,20,28-30H,8-9H2,1-5H3,(H2,25,27,31)/b26-11+. The van der Waals surface area contributed by atoms with Crippen molar-refractivity contribution in [1.82, 2.24) is 0 Å². The minimum absolute atomic E-state index is 0.291. The molecule has 1 aliphatic heterocycles. The molecule has 1 amide bonds. The second-order valence-electron chi connectivity index (χ2n) is 8.39. The minimum Gasteiger partial charge on any atom is -0.504 e. The van der Waals surface area contributed by atoms with Gasteiger partial charge in [-0.15, -0.1) is 0 Å². The molecule has 2 unspecified atom stereocenters. The fraction of sp³-hybridized carbons (Fsp3) is 0.375. The van der Waals surface area contributed by atoms with Gasteiger partial charge >= 0.3 is 0 Å². The van der Waals surface area contributed by atoms with Crippen molar-refractivity contribution in [3.63, 3.8) is 0 Å². The molecule has 1 heterocycles. The number of amides is 1. The zero-order chi connectivity index (χ0) is 23.8. The summed E-state index contributed by atoms with van der Waals surface area (Å²) in [5.74, 6) is -0.814. The van der Waals surface area contributed by atoms with Gasteiger partial charge in [-0.3, -0.25) is 4.79 Å². The molecule has 2 atom stereocenters. The van der Waals surface area contributed by atoms with Gasteiger partial charge in [-0.2, -0.15) is 4.99 Å². The number of hydrogen-bond acceptors (Lipinski definition) is 5. The van der Waals surface area contributed by atoms with Gasteiger partial charge in [0.1, 0.15) is 11.9 Å². The van der Waals surface area contributed by atoms with Gasteiger partial charge < -0.3 is 25.8 Å². The van der Waals surface area contributed by atoms with E-state index in [1.165, 1.54) is 29.3 Å². The highest BCUT2D eigenvalue weighted by molar-refractivity contribution is 5.99. The highest BCUT2D eigenvalue weighted by Crippen LogP contribution is 2.41. The molecule has 32 heavy (non-hydrogen) atoms. The smallest absolute Gasteiger partial charge is 0.292 e. The van der Waals surface area contributed by atoms with Crippen LogP contribution in [0.4, 0.5) is 0 Å². The van der Waals surface area contributed by atoms with E-state index in [0.29, 0.717) is 18.4 Å². The van der Waals surface area contributed by atoms with Crippen LogP contribution >= 0.6 is 0 Å². The SMILES string of the molecule is Cc1c(C)c(C)c2c(c1C)CCC(C)(C(=O)N=C(N)/N=C/C(O)c1ccc(O)c(O)c1)O2. The number of fused-ring (bicyclic) bond motifs is 1. The Morgan fingerprint density at radius 2 is 1.78 bits per heavy atom. The van der Waals surface area contributed by atoms with Crippen molar-refractivity contribution in [3.05, 3.63) is 51.6 Å². The van der Waals surface area contributed by atoms with E-state index in [1.807, 2.05) is 13.8 Å². The number of phenols is 2. The van der Waals surface area contributed by atoms with Crippen molar-refractivity contribution in [2.45, 2.75) is 59.2 Å². The van der Waals surface area contributed by atoms with Crippen LogP contribution in [0.2, 0.25) is 0 Å². The zero-order valence-corrected chi connectivity index (χ0v) is 18.9. The Morgan fingerprint density at radius 3 is 2.44 bits per heavy atom. The first-order chi connectivity index (χ1) is 14.9. The summed E-state index contributed by atoms with van der Waals surface area (Å²) in [4.78, 5) is 20.6. The van der Waals surface area contributed by atoms with Gasteiger partial charge in [0.15, 0.2) is 17.1 Å². The number of guanidine groups is 1. The van der Waals surface area contributed by atoms with Crippen LogP contribution in [0.1, 0.15) is 52.8 Å². The first-order valence-corrected chi connectivity index (χ1v) is 10.4. The lowest BCUT2D eigenvalue weighted by Crippen LogP contribution is -2.44. The van der Waals surface area contributed by atoms with Crippen LogP contribution < -0.4 is 10.5 Å². The van der Waals surface area contributed by atoms with E-state index in [-0.39, 0.29) is 17.5 Å². The summed E-state index contributed by atoms with van der Waals surface area (Å²) in [6, 6.07) is 3.87. The Hall–Kier alpha value is -3.39. The predicted molar refractivity (Wildman–Crippen MR) is 123 cm³/mol. The van der Waals surface area contributed by atoms with E-state index >= 15 is 0 Å². The van der Waals surface area contributed by atoms with Gasteiger partial charge in [0, 0.05) is 12.6 Å². The molecule has 0 bridgehead atoms. The maximum Gasteiger partial charge on any atom is 0.292 e. The van der Waals surface area contributed by atoms with Crippen LogP contribution in [0.3, 0.4) is 0 Å². The summed E-state index contributed by atoms with van der Waals surface area (Å²) < 4.78 is 6.18. The van der Waals surface area contributed by atoms with Gasteiger partial charge in [-0.25, -0.2) is 4.99 Å². The van der Waals surface area contributed by atoms with Crippen LogP contribution in [0.5, 0.6) is 17.2 Å². The summed E-state index contributed by atoms with van der Waals surface area (Å²) in [7, 11) is 0. The van der Waals surface area contributed by atoms with E-state index in [2.05, 4.69) is 23.8 Å². The Bertz CT molecular complexity index is 1140. The van der Waals surface area contributed by atoms with E-state index < -0.39 is 17.6 Å². The van der Waals surface area contributed by atoms with E-state index in [4.69, 9.17) is 10.5 Å². The van der Waals surface area contributed by atoms with Crippen molar-refractivity contribution >= 4 is 18.1 Å². The molecule has 0 radical (unpaired) electrons. The molecule has 3 rings (SSSR count). The molecule has 170 valence electrons. The highest BCUT2D eigenvalue weighted by Gasteiger charge is 2.40. The van der Waals surface area contributed by atoms with Crippen molar-refractivity contribution in [2.75, 3.05) is 0 Å². The van der Waals surface area contributed by atoms with E-state index in [0.717, 1.165) is 28.7 Å². The molecule has 8 heteroatoms. The number of aliphatic imine (C=N–C) groups is 2. The largest absolute Gasteiger partial charge is 0.504 e. The lowest BCUT2D eigenvalue weighted by atomic mass is 9.85. The number of nitrogens with zero attached hydrogens (tertiary/aromatic N) is 2. The minimum atomic E-state index is -1.21. The summed E-state index contributed by atoms with van der Waals surface area (Å²) in [6.45, 7) is 9.88. The van der Waals surface area contributed by atoms with Crippen LogP contribution in [0, 0.1) is 27.7 Å². The number of carbonyl (C=O) groups is 1. The molecule has 0 saturated heterocycles. The maximum atomic E-state index is 12.9. The second kappa shape index (κ2) is 8.63. The first kappa shape index (κ1) is 23.3. The third-order valence-electron chi connectivity index (χ3n) is 6.29. The Kier molecular flexibility index (Phi) is 6.27. The fourth-order valence-electron chi connectivity index (χ4n) is 3.79. The van der Waals surface area contributed by atoms with Crippen molar-refractivity contribution < 1.29 is 24.9 Å². The van der Waals surface area contributed by atoms with Crippen LogP contribution in [-0.2, 0) is 11.2 Å². The first-order valence-electron chi connectivity index (χ1n) is 10.4. The summed E-state index contributed by atoms with van der Waals surface area (Å²) in [6.07, 6.45) is 1.03. The van der Waals surface area contributed by atoms with Crippen molar-refractivity contribution in [1.29, 1.82) is 0 Å². The van der Waals surface area contributed by atoms with Gasteiger partial charge in [0.2, 0.25) is 5.96 Å². The Balaban J connectivity index is 1.78. The third-order valence-corrected chi connectivity index (χ3v) is 6.29. The predicted octanol–water partition coefficient (Wildman–Crippen LogP) is 3.06. The molecule has 0 fully saturated rings. The van der Waals surface area contributed by atoms with Crippen molar-refractivity contribution in [3.8, 4) is 17.2 Å². The van der Waals surface area contributed by atoms with Gasteiger partial charge in [0.05, 0.1) is 0 Å². The lowest BCUT2D eigenvalue weighted by molar-refractivity contribution is -0.133. The molecule has 0 aliphatic carbocycles. The van der Waals surface area contributed by atoms with Gasteiger partial charge in [-0.1, -0.05) is 6.07 Å². The monoisotopic (exact) mass is 439 g/mol. The molecule has 0 aromatic heterocycles. The molecular formula is C24H29N3O5. The summed E-state index contributed by atoms with van der Waals surface area (Å²) in [5, 5.41) is 29.1. The van der Waals surface area contributed by atoms with Crippen LogP contribution in [-0.4, -0.2) is 39.0 Å². The Morgan fingerprint density at radius 1 is 1.12 bits per heavy atom. The molecule has 1 aliphatic rings. The number of rotatable bonds is 3. The van der Waals surface area contributed by atoms with Gasteiger partial charge in [-0.05, 0) is 86.6 Å². The fourth-order valence-corrected chi connectivity index (χ4v) is 3.79. The lowest BCUT2D eigenvalue weighted by Gasteiger charge is -2.35. The highest BCUT2D eigenvalue weighted by atomic mass is 16.5. The quantitative estimate of drug-likeness (QED) is 0.329. The maximum absolute atomic E-state index is 12.9. The molecule has 0 saturated carbocycles. The summed E-state index contributed by atoms with van der Waals surface area (Å²) in [5.41, 5.74) is 10.6. The molecule has 2 aromatic rings. The number of carbonyl (C=O) groups excluding carboxylic acids is 1. The molecule has 8 nitrogen and oxygen atoms in total. The average molecular weight is 440 g/mol. The number of benzene rings is 2. The second-order valence-corrected chi connectivity index (χ2v) is 8.39. The van der Waals surface area contributed by atoms with E-state index in [9.17, 15) is 20.1 Å². The van der Waals surface area contributed by atoms with Crippen molar-refractivity contribution in [2.24, 2.45) is 15.7 Å². The van der Waals surface area contributed by atoms with Crippen LogP contribution in [0.25, 0.3) is 0 Å². The number of phenolic OH excluding ortho intramolecular Hbond substituents is 2. The Labute approximate surface area is 187 Å². The molecule has 0 spiro atoms. The van der Waals surface area contributed by atoms with E-state index in [1.54, 1.807) is 6.92 Å². The number of hydrogen-bond donors (Lipinski definition) is 4. The third kappa shape index (κ3) is 4.31. The zero-order valence-electron chi connectivity index (χ0n) is 18.9. The number of aliphatic hydroxyl groups excluding tert-OH is 1. The molecular weight excluding hydrogens is 410 g/mol. The number of nitrogens with two attached hydrogens (primary N) is 1. The molecule has 5 N–H and O–H groups in total. The number of aromatic hydroxyl groups is 2.